The van der Waals surface area contributed by atoms with Gasteiger partial charge in [0.2, 0.25) is 0 Å². The number of carbonyl (C=O) groups excluding carboxylic acids is 2. The highest BCUT2D eigenvalue weighted by Crippen LogP contribution is 2.20. The Balaban J connectivity index is 1.56. The van der Waals surface area contributed by atoms with Crippen molar-refractivity contribution in [2.24, 2.45) is 0 Å². The van der Waals surface area contributed by atoms with Gasteiger partial charge in [-0.2, -0.15) is 0 Å². The van der Waals surface area contributed by atoms with Crippen LogP contribution in [-0.2, 0) is 4.79 Å². The summed E-state index contributed by atoms with van der Waals surface area (Å²) in [7, 11) is 0. The van der Waals surface area contributed by atoms with Gasteiger partial charge < -0.3 is 20.5 Å². The maximum absolute atomic E-state index is 12.4. The fourth-order valence-corrected chi connectivity index (χ4v) is 2.86. The number of anilines is 2. The summed E-state index contributed by atoms with van der Waals surface area (Å²) in [5, 5.41) is 14.4. The molecule has 7 nitrogen and oxygen atoms in total. The van der Waals surface area contributed by atoms with E-state index in [4.69, 9.17) is 9.84 Å². The zero-order chi connectivity index (χ0) is 22.4. The molecule has 0 spiro atoms. The van der Waals surface area contributed by atoms with Gasteiger partial charge >= 0.3 is 5.97 Å². The summed E-state index contributed by atoms with van der Waals surface area (Å²) in [6, 6.07) is 18.0. The molecule has 3 N–H and O–H groups in total. The van der Waals surface area contributed by atoms with Crippen molar-refractivity contribution in [2.45, 2.75) is 13.8 Å². The molecule has 7 heteroatoms. The number of aromatic carboxylic acids is 1. The second-order valence-electron chi connectivity index (χ2n) is 6.95. The third kappa shape index (κ3) is 5.70. The van der Waals surface area contributed by atoms with Crippen molar-refractivity contribution < 1.29 is 24.2 Å². The zero-order valence-electron chi connectivity index (χ0n) is 17.1. The number of hydrogen-bond acceptors (Lipinski definition) is 4. The number of carboxylic acid groups (broad SMARTS) is 1. The van der Waals surface area contributed by atoms with Crippen LogP contribution in [0.15, 0.2) is 66.7 Å². The molecule has 0 aliphatic heterocycles. The van der Waals surface area contributed by atoms with Crippen LogP contribution in [0.3, 0.4) is 0 Å². The third-order valence-corrected chi connectivity index (χ3v) is 4.71. The van der Waals surface area contributed by atoms with Crippen LogP contribution in [0.25, 0.3) is 0 Å². The summed E-state index contributed by atoms with van der Waals surface area (Å²) in [6.07, 6.45) is 0. The van der Waals surface area contributed by atoms with E-state index in [1.807, 2.05) is 32.0 Å². The van der Waals surface area contributed by atoms with Crippen molar-refractivity contribution >= 4 is 29.2 Å². The van der Waals surface area contributed by atoms with E-state index in [1.54, 1.807) is 36.4 Å². The topological polar surface area (TPSA) is 105 Å². The van der Waals surface area contributed by atoms with Gasteiger partial charge in [0, 0.05) is 16.9 Å². The monoisotopic (exact) mass is 418 g/mol. The molecule has 0 aliphatic carbocycles. The molecule has 0 aromatic heterocycles. The predicted molar refractivity (Wildman–Crippen MR) is 118 cm³/mol. The highest BCUT2D eigenvalue weighted by Gasteiger charge is 2.10. The molecular formula is C24H22N2O5. The minimum atomic E-state index is -1.07. The van der Waals surface area contributed by atoms with Gasteiger partial charge in [0.25, 0.3) is 11.8 Å². The lowest BCUT2D eigenvalue weighted by atomic mass is 10.1. The molecule has 2 amide bonds. The lowest BCUT2D eigenvalue weighted by Crippen LogP contribution is -2.20. The molecule has 0 fully saturated rings. The van der Waals surface area contributed by atoms with Gasteiger partial charge in [0.15, 0.2) is 6.61 Å². The molecule has 3 aromatic carbocycles. The molecule has 3 rings (SSSR count). The second kappa shape index (κ2) is 9.58. The quantitative estimate of drug-likeness (QED) is 0.531. The predicted octanol–water partition coefficient (Wildman–Crippen LogP) is 4.27. The number of amides is 2. The summed E-state index contributed by atoms with van der Waals surface area (Å²) in [6.45, 7) is 3.78. The van der Waals surface area contributed by atoms with Crippen LogP contribution in [0.5, 0.6) is 5.75 Å². The molecule has 0 unspecified atom stereocenters. The fourth-order valence-electron chi connectivity index (χ4n) is 2.86. The number of nitrogens with one attached hydrogen (secondary N) is 2. The minimum absolute atomic E-state index is 0.0823. The van der Waals surface area contributed by atoms with Crippen LogP contribution < -0.4 is 15.4 Å². The number of ether oxygens (including phenoxy) is 1. The van der Waals surface area contributed by atoms with Gasteiger partial charge in [-0.15, -0.1) is 0 Å². The van der Waals surface area contributed by atoms with Crippen molar-refractivity contribution in [1.82, 2.24) is 0 Å². The lowest BCUT2D eigenvalue weighted by molar-refractivity contribution is -0.118. The maximum Gasteiger partial charge on any atom is 0.335 e. The molecule has 0 bridgehead atoms. The summed E-state index contributed by atoms with van der Waals surface area (Å²) < 4.78 is 5.59. The average Bonchev–Trinajstić information content (AvgIpc) is 2.75. The molecule has 0 radical (unpaired) electrons. The zero-order valence-corrected chi connectivity index (χ0v) is 17.1. The SMILES string of the molecule is Cc1cccc(OCC(=O)Nc2ccc(C(=O)Nc3cccc(C(=O)O)c3)cc2)c1C. The number of benzene rings is 3. The van der Waals surface area contributed by atoms with Gasteiger partial charge in [-0.05, 0) is 73.5 Å². The first kappa shape index (κ1) is 21.6. The van der Waals surface area contributed by atoms with Gasteiger partial charge in [0.1, 0.15) is 5.75 Å². The van der Waals surface area contributed by atoms with Gasteiger partial charge in [0.05, 0.1) is 5.56 Å². The molecule has 0 atom stereocenters. The van der Waals surface area contributed by atoms with E-state index in [9.17, 15) is 14.4 Å². The molecule has 0 aliphatic rings. The van der Waals surface area contributed by atoms with Crippen LogP contribution in [0.2, 0.25) is 0 Å². The maximum atomic E-state index is 12.4. The number of carbonyl (C=O) groups is 3. The van der Waals surface area contributed by atoms with E-state index in [0.717, 1.165) is 11.1 Å². The molecule has 31 heavy (non-hydrogen) atoms. The normalized spacial score (nSPS) is 10.3. The first-order chi connectivity index (χ1) is 14.8. The Morgan fingerprint density at radius 2 is 1.55 bits per heavy atom. The molecule has 0 heterocycles. The smallest absolute Gasteiger partial charge is 0.335 e. The van der Waals surface area contributed by atoms with Crippen molar-refractivity contribution in [3.05, 3.63) is 89.0 Å². The van der Waals surface area contributed by atoms with Gasteiger partial charge in [-0.1, -0.05) is 18.2 Å². The molecule has 0 saturated heterocycles. The number of hydrogen-bond donors (Lipinski definition) is 3. The third-order valence-electron chi connectivity index (χ3n) is 4.71. The Morgan fingerprint density at radius 1 is 0.839 bits per heavy atom. The van der Waals surface area contributed by atoms with Crippen LogP contribution in [0, 0.1) is 13.8 Å². The Labute approximate surface area is 179 Å². The Morgan fingerprint density at radius 3 is 2.26 bits per heavy atom. The first-order valence-corrected chi connectivity index (χ1v) is 9.57. The van der Waals surface area contributed by atoms with Crippen LogP contribution in [0.1, 0.15) is 31.8 Å². The highest BCUT2D eigenvalue weighted by atomic mass is 16.5. The molecule has 3 aromatic rings. The Hall–Kier alpha value is -4.13. The van der Waals surface area contributed by atoms with Crippen molar-refractivity contribution in [3.8, 4) is 5.75 Å². The van der Waals surface area contributed by atoms with Crippen molar-refractivity contribution in [1.29, 1.82) is 0 Å². The van der Waals surface area contributed by atoms with E-state index >= 15 is 0 Å². The molecular weight excluding hydrogens is 396 g/mol. The van der Waals surface area contributed by atoms with E-state index in [0.29, 0.717) is 22.7 Å². The molecule has 158 valence electrons. The minimum Gasteiger partial charge on any atom is -0.483 e. The number of aryl methyl sites for hydroxylation is 1. The Bertz CT molecular complexity index is 1120. The van der Waals surface area contributed by atoms with E-state index in [-0.39, 0.29) is 18.1 Å². The van der Waals surface area contributed by atoms with E-state index < -0.39 is 11.9 Å². The summed E-state index contributed by atoms with van der Waals surface area (Å²) in [5.41, 5.74) is 3.43. The largest absolute Gasteiger partial charge is 0.483 e. The Kier molecular flexibility index (Phi) is 6.67. The first-order valence-electron chi connectivity index (χ1n) is 9.57. The lowest BCUT2D eigenvalue weighted by Gasteiger charge is -2.11. The summed E-state index contributed by atoms with van der Waals surface area (Å²) in [4.78, 5) is 35.6. The van der Waals surface area contributed by atoms with E-state index in [2.05, 4.69) is 10.6 Å². The average molecular weight is 418 g/mol. The van der Waals surface area contributed by atoms with Gasteiger partial charge in [-0.3, -0.25) is 9.59 Å². The highest BCUT2D eigenvalue weighted by molar-refractivity contribution is 6.05. The van der Waals surface area contributed by atoms with E-state index in [1.165, 1.54) is 12.1 Å². The van der Waals surface area contributed by atoms with Crippen molar-refractivity contribution in [2.75, 3.05) is 17.2 Å². The summed E-state index contributed by atoms with van der Waals surface area (Å²) >= 11 is 0. The van der Waals surface area contributed by atoms with Crippen LogP contribution >= 0.6 is 0 Å². The van der Waals surface area contributed by atoms with Gasteiger partial charge in [-0.25, -0.2) is 4.79 Å². The second-order valence-corrected chi connectivity index (χ2v) is 6.95. The summed E-state index contributed by atoms with van der Waals surface area (Å²) in [5.74, 6) is -1.12. The number of rotatable bonds is 7. The fraction of sp³-hybridized carbons (Fsp3) is 0.125. The van der Waals surface area contributed by atoms with Crippen molar-refractivity contribution in [3.63, 3.8) is 0 Å². The van der Waals surface area contributed by atoms with Crippen LogP contribution in [-0.4, -0.2) is 29.5 Å². The van der Waals surface area contributed by atoms with Crippen LogP contribution in [0.4, 0.5) is 11.4 Å². The standard InChI is InChI=1S/C24H22N2O5/c1-15-5-3-8-21(16(15)2)31-14-22(27)25-19-11-9-17(10-12-19)23(28)26-20-7-4-6-18(13-20)24(29)30/h3-13H,14H2,1-2H3,(H,25,27)(H,26,28)(H,29,30). The number of carboxylic acids is 1. The molecule has 0 saturated carbocycles.